The molecule has 5 rings (SSSR count). The van der Waals surface area contributed by atoms with E-state index in [1.165, 1.54) is 4.31 Å². The molecule has 0 N–H and O–H groups in total. The maximum atomic E-state index is 13.2. The van der Waals surface area contributed by atoms with Crippen LogP contribution in [-0.4, -0.2) is 50.8 Å². The normalized spacial score (nSPS) is 17.8. The molecule has 0 bridgehead atoms. The SMILES string of the molecule is O=C(N=C1c2ccccc2CN1c1cccc(S(=O)(=O)N2CCOCC2)c1)c1ccccc1. The highest BCUT2D eigenvalue weighted by Crippen LogP contribution is 2.31. The van der Waals surface area contributed by atoms with E-state index in [4.69, 9.17) is 4.74 Å². The number of rotatable bonds is 4. The number of fused-ring (bicyclic) bond motifs is 1. The molecule has 8 heteroatoms. The highest BCUT2D eigenvalue weighted by Gasteiger charge is 2.30. The second-order valence-corrected chi connectivity index (χ2v) is 9.80. The first-order valence-electron chi connectivity index (χ1n) is 10.8. The lowest BCUT2D eigenvalue weighted by atomic mass is 10.1. The van der Waals surface area contributed by atoms with Crippen LogP contribution in [0, 0.1) is 0 Å². The number of carbonyl (C=O) groups is 1. The Morgan fingerprint density at radius 3 is 2.39 bits per heavy atom. The van der Waals surface area contributed by atoms with Gasteiger partial charge in [0.2, 0.25) is 10.0 Å². The van der Waals surface area contributed by atoms with Gasteiger partial charge >= 0.3 is 0 Å². The second-order valence-electron chi connectivity index (χ2n) is 7.86. The molecule has 1 saturated heterocycles. The van der Waals surface area contributed by atoms with E-state index in [1.807, 2.05) is 41.3 Å². The van der Waals surface area contributed by atoms with Crippen molar-refractivity contribution in [2.75, 3.05) is 31.2 Å². The Hall–Kier alpha value is -3.33. The quantitative estimate of drug-likeness (QED) is 0.596. The van der Waals surface area contributed by atoms with Crippen LogP contribution in [0.4, 0.5) is 5.69 Å². The molecule has 2 aliphatic rings. The summed E-state index contributed by atoms with van der Waals surface area (Å²) >= 11 is 0. The zero-order chi connectivity index (χ0) is 22.8. The average Bonchev–Trinajstić information content (AvgIpc) is 3.23. The minimum Gasteiger partial charge on any atom is -0.379 e. The Balaban J connectivity index is 1.54. The van der Waals surface area contributed by atoms with Crippen molar-refractivity contribution in [3.05, 3.63) is 95.6 Å². The van der Waals surface area contributed by atoms with Crippen LogP contribution in [0.15, 0.2) is 88.8 Å². The Morgan fingerprint density at radius 2 is 1.61 bits per heavy atom. The number of carbonyl (C=O) groups excluding carboxylic acids is 1. The fourth-order valence-corrected chi connectivity index (χ4v) is 5.54. The van der Waals surface area contributed by atoms with Gasteiger partial charge in [0.05, 0.1) is 24.7 Å². The minimum atomic E-state index is -3.65. The summed E-state index contributed by atoms with van der Waals surface area (Å²) in [6.07, 6.45) is 0. The van der Waals surface area contributed by atoms with Crippen molar-refractivity contribution in [2.45, 2.75) is 11.4 Å². The number of aliphatic imine (C=N–C) groups is 1. The number of amidine groups is 1. The zero-order valence-electron chi connectivity index (χ0n) is 17.9. The maximum absolute atomic E-state index is 13.2. The van der Waals surface area contributed by atoms with E-state index in [0.29, 0.717) is 49.9 Å². The molecule has 1 fully saturated rings. The van der Waals surface area contributed by atoms with E-state index < -0.39 is 10.0 Å². The van der Waals surface area contributed by atoms with E-state index in [9.17, 15) is 13.2 Å². The molecule has 0 aromatic heterocycles. The number of hydrogen-bond donors (Lipinski definition) is 0. The molecule has 7 nitrogen and oxygen atoms in total. The molecule has 0 radical (unpaired) electrons. The molecule has 0 aliphatic carbocycles. The Bertz CT molecular complexity index is 1320. The van der Waals surface area contributed by atoms with Gasteiger partial charge in [-0.15, -0.1) is 0 Å². The van der Waals surface area contributed by atoms with Crippen LogP contribution in [0.2, 0.25) is 0 Å². The number of nitrogens with zero attached hydrogens (tertiary/aromatic N) is 3. The van der Waals surface area contributed by atoms with Crippen molar-refractivity contribution in [3.8, 4) is 0 Å². The van der Waals surface area contributed by atoms with Crippen LogP contribution in [0.25, 0.3) is 0 Å². The summed E-state index contributed by atoms with van der Waals surface area (Å²) in [7, 11) is -3.65. The predicted molar refractivity (Wildman–Crippen MR) is 126 cm³/mol. The molecule has 2 heterocycles. The van der Waals surface area contributed by atoms with Crippen LogP contribution >= 0.6 is 0 Å². The van der Waals surface area contributed by atoms with Gasteiger partial charge in [-0.2, -0.15) is 9.30 Å². The Morgan fingerprint density at radius 1 is 0.879 bits per heavy atom. The molecule has 2 aliphatic heterocycles. The number of morpholine rings is 1. The van der Waals surface area contributed by atoms with Gasteiger partial charge < -0.3 is 9.64 Å². The molecule has 0 atom stereocenters. The van der Waals surface area contributed by atoms with Gasteiger partial charge in [0.15, 0.2) is 0 Å². The van der Waals surface area contributed by atoms with Crippen LogP contribution < -0.4 is 4.90 Å². The lowest BCUT2D eigenvalue weighted by molar-refractivity contribution is 0.0730. The fourth-order valence-electron chi connectivity index (χ4n) is 4.09. The van der Waals surface area contributed by atoms with E-state index in [2.05, 4.69) is 4.99 Å². The van der Waals surface area contributed by atoms with Gasteiger partial charge in [0, 0.05) is 29.9 Å². The van der Waals surface area contributed by atoms with Gasteiger partial charge in [-0.1, -0.05) is 48.5 Å². The lowest BCUT2D eigenvalue weighted by Gasteiger charge is -2.27. The molecule has 1 amide bonds. The summed E-state index contributed by atoms with van der Waals surface area (Å²) in [5, 5.41) is 0. The molecule has 33 heavy (non-hydrogen) atoms. The van der Waals surface area contributed by atoms with Crippen LogP contribution in [0.3, 0.4) is 0 Å². The van der Waals surface area contributed by atoms with Crippen LogP contribution in [0.5, 0.6) is 0 Å². The summed E-state index contributed by atoms with van der Waals surface area (Å²) in [5.41, 5.74) is 3.06. The first-order valence-corrected chi connectivity index (χ1v) is 12.2. The van der Waals surface area contributed by atoms with Crippen molar-refractivity contribution >= 4 is 27.5 Å². The summed E-state index contributed by atoms with van der Waals surface area (Å²) < 4.78 is 33.1. The zero-order valence-corrected chi connectivity index (χ0v) is 18.7. The van der Waals surface area contributed by atoms with Crippen molar-refractivity contribution in [1.29, 1.82) is 0 Å². The number of amides is 1. The van der Waals surface area contributed by atoms with Crippen molar-refractivity contribution in [2.24, 2.45) is 4.99 Å². The molecular formula is C25H23N3O4S. The lowest BCUT2D eigenvalue weighted by Crippen LogP contribution is -2.40. The molecule has 3 aromatic rings. The maximum Gasteiger partial charge on any atom is 0.278 e. The van der Waals surface area contributed by atoms with Gasteiger partial charge in [-0.3, -0.25) is 4.79 Å². The highest BCUT2D eigenvalue weighted by molar-refractivity contribution is 7.89. The molecule has 0 saturated carbocycles. The predicted octanol–water partition coefficient (Wildman–Crippen LogP) is 3.31. The van der Waals surface area contributed by atoms with Crippen LogP contribution in [-0.2, 0) is 21.3 Å². The first kappa shape index (κ1) is 21.5. The molecule has 0 spiro atoms. The van der Waals surface area contributed by atoms with E-state index >= 15 is 0 Å². The van der Waals surface area contributed by atoms with Crippen LogP contribution in [0.1, 0.15) is 21.5 Å². The largest absolute Gasteiger partial charge is 0.379 e. The van der Waals surface area contributed by atoms with E-state index in [0.717, 1.165) is 11.1 Å². The van der Waals surface area contributed by atoms with Gasteiger partial charge in [0.1, 0.15) is 5.84 Å². The van der Waals surface area contributed by atoms with Gasteiger partial charge in [-0.05, 0) is 35.9 Å². The molecule has 3 aromatic carbocycles. The van der Waals surface area contributed by atoms with Crippen molar-refractivity contribution < 1.29 is 17.9 Å². The number of benzene rings is 3. The number of ether oxygens (including phenoxy) is 1. The Kier molecular flexibility index (Phi) is 5.80. The third-order valence-corrected chi connectivity index (χ3v) is 7.70. The van der Waals surface area contributed by atoms with Gasteiger partial charge in [-0.25, -0.2) is 8.42 Å². The van der Waals surface area contributed by atoms with E-state index in [1.54, 1.807) is 42.5 Å². The highest BCUT2D eigenvalue weighted by atomic mass is 32.2. The van der Waals surface area contributed by atoms with Gasteiger partial charge in [0.25, 0.3) is 5.91 Å². The Labute approximate surface area is 193 Å². The summed E-state index contributed by atoms with van der Waals surface area (Å²) in [4.78, 5) is 19.5. The first-order chi connectivity index (χ1) is 16.0. The number of anilines is 1. The smallest absolute Gasteiger partial charge is 0.278 e. The van der Waals surface area contributed by atoms with E-state index in [-0.39, 0.29) is 10.8 Å². The summed E-state index contributed by atoms with van der Waals surface area (Å²) in [6.45, 7) is 1.94. The second kappa shape index (κ2) is 8.90. The standard InChI is InChI=1S/C25H23N3O4S/c29-25(19-7-2-1-3-8-19)26-24-23-12-5-4-9-20(23)18-28(24)21-10-6-11-22(17-21)33(30,31)27-13-15-32-16-14-27/h1-12,17H,13-16,18H2. The molecular weight excluding hydrogens is 438 g/mol. The number of hydrogen-bond acceptors (Lipinski definition) is 4. The third-order valence-electron chi connectivity index (χ3n) is 5.81. The summed E-state index contributed by atoms with van der Waals surface area (Å²) in [5.74, 6) is 0.171. The molecule has 168 valence electrons. The van der Waals surface area contributed by atoms with Crippen molar-refractivity contribution in [3.63, 3.8) is 0 Å². The monoisotopic (exact) mass is 461 g/mol. The average molecular weight is 462 g/mol. The molecule has 0 unspecified atom stereocenters. The topological polar surface area (TPSA) is 79.3 Å². The minimum absolute atomic E-state index is 0.214. The summed E-state index contributed by atoms with van der Waals surface area (Å²) in [6, 6.07) is 23.5. The third kappa shape index (κ3) is 4.20. The number of sulfonamides is 1. The fraction of sp³-hybridized carbons (Fsp3) is 0.200. The van der Waals surface area contributed by atoms with Crippen molar-refractivity contribution in [1.82, 2.24) is 4.31 Å².